The van der Waals surface area contributed by atoms with Gasteiger partial charge in [0.1, 0.15) is 5.76 Å². The molecule has 1 atom stereocenters. The van der Waals surface area contributed by atoms with E-state index in [2.05, 4.69) is 35.3 Å². The van der Waals surface area contributed by atoms with E-state index in [9.17, 15) is 0 Å². The standard InChI is InChI=1S/C17H29N3O/c1-13(2)16-10-18-17(7-5-4-6-8-17)12-20(16)11-15-9-14(3)21-19-15/h9,13,16,18H,4-8,10-12H2,1-3H3. The summed E-state index contributed by atoms with van der Waals surface area (Å²) < 4.78 is 5.25. The second-order valence-corrected chi connectivity index (χ2v) is 7.37. The molecule has 1 unspecified atom stereocenters. The molecule has 0 amide bonds. The Bertz CT molecular complexity index is 462. The molecule has 0 bridgehead atoms. The number of aromatic nitrogens is 1. The van der Waals surface area contributed by atoms with E-state index in [4.69, 9.17) is 4.52 Å². The molecule has 2 aliphatic rings. The van der Waals surface area contributed by atoms with Crippen molar-refractivity contribution >= 4 is 0 Å². The van der Waals surface area contributed by atoms with Gasteiger partial charge in [0.25, 0.3) is 0 Å². The lowest BCUT2D eigenvalue weighted by atomic mass is 9.78. The van der Waals surface area contributed by atoms with Crippen molar-refractivity contribution in [2.75, 3.05) is 13.1 Å². The van der Waals surface area contributed by atoms with E-state index in [-0.39, 0.29) is 0 Å². The molecule has 2 fully saturated rings. The van der Waals surface area contributed by atoms with Gasteiger partial charge < -0.3 is 9.84 Å². The van der Waals surface area contributed by atoms with Crippen LogP contribution in [-0.4, -0.2) is 34.7 Å². The van der Waals surface area contributed by atoms with Crippen molar-refractivity contribution in [3.63, 3.8) is 0 Å². The summed E-state index contributed by atoms with van der Waals surface area (Å²) in [4.78, 5) is 2.64. The van der Waals surface area contributed by atoms with E-state index in [1.807, 2.05) is 6.92 Å². The summed E-state index contributed by atoms with van der Waals surface area (Å²) in [6.07, 6.45) is 6.80. The molecular weight excluding hydrogens is 262 g/mol. The minimum absolute atomic E-state index is 0.350. The molecule has 1 saturated heterocycles. The van der Waals surface area contributed by atoms with Crippen LogP contribution in [0.25, 0.3) is 0 Å². The van der Waals surface area contributed by atoms with Crippen LogP contribution < -0.4 is 5.32 Å². The predicted molar refractivity (Wildman–Crippen MR) is 84.1 cm³/mol. The highest BCUT2D eigenvalue weighted by Gasteiger charge is 2.40. The average molecular weight is 291 g/mol. The first-order valence-electron chi connectivity index (χ1n) is 8.49. The van der Waals surface area contributed by atoms with Crippen LogP contribution in [-0.2, 0) is 6.54 Å². The molecule has 4 nitrogen and oxygen atoms in total. The summed E-state index contributed by atoms with van der Waals surface area (Å²) in [6, 6.07) is 2.67. The Labute approximate surface area is 128 Å². The van der Waals surface area contributed by atoms with Crippen molar-refractivity contribution in [2.24, 2.45) is 5.92 Å². The van der Waals surface area contributed by atoms with Crippen LogP contribution in [0.4, 0.5) is 0 Å². The van der Waals surface area contributed by atoms with Gasteiger partial charge >= 0.3 is 0 Å². The van der Waals surface area contributed by atoms with E-state index < -0.39 is 0 Å². The second-order valence-electron chi connectivity index (χ2n) is 7.37. The highest BCUT2D eigenvalue weighted by atomic mass is 16.5. The van der Waals surface area contributed by atoms with Gasteiger partial charge in [-0.3, -0.25) is 4.90 Å². The Hall–Kier alpha value is -0.870. The fraction of sp³-hybridized carbons (Fsp3) is 0.824. The number of nitrogens with zero attached hydrogens (tertiary/aromatic N) is 2. The van der Waals surface area contributed by atoms with E-state index >= 15 is 0 Å². The summed E-state index contributed by atoms with van der Waals surface area (Å²) in [6.45, 7) is 9.80. The fourth-order valence-corrected chi connectivity index (χ4v) is 4.11. The van der Waals surface area contributed by atoms with E-state index in [0.717, 1.165) is 31.1 Å². The third-order valence-electron chi connectivity index (χ3n) is 5.28. The van der Waals surface area contributed by atoms with Gasteiger partial charge in [0.2, 0.25) is 0 Å². The smallest absolute Gasteiger partial charge is 0.133 e. The largest absolute Gasteiger partial charge is 0.361 e. The van der Waals surface area contributed by atoms with Gasteiger partial charge in [-0.1, -0.05) is 38.3 Å². The van der Waals surface area contributed by atoms with Gasteiger partial charge in [-0.25, -0.2) is 0 Å². The highest BCUT2D eigenvalue weighted by molar-refractivity contribution is 5.06. The first kappa shape index (κ1) is 15.0. The van der Waals surface area contributed by atoms with Gasteiger partial charge in [-0.15, -0.1) is 0 Å². The molecule has 1 spiro atoms. The van der Waals surface area contributed by atoms with Crippen LogP contribution in [0, 0.1) is 12.8 Å². The van der Waals surface area contributed by atoms with Crippen molar-refractivity contribution in [1.82, 2.24) is 15.4 Å². The molecular formula is C17H29N3O. The summed E-state index contributed by atoms with van der Waals surface area (Å²) in [5, 5.41) is 8.10. The lowest BCUT2D eigenvalue weighted by Gasteiger charge is -2.50. The van der Waals surface area contributed by atoms with Crippen molar-refractivity contribution < 1.29 is 4.52 Å². The lowest BCUT2D eigenvalue weighted by molar-refractivity contribution is 0.0295. The number of piperazine rings is 1. The maximum atomic E-state index is 5.25. The van der Waals surface area contributed by atoms with E-state index in [1.165, 1.54) is 32.1 Å². The third-order valence-corrected chi connectivity index (χ3v) is 5.28. The molecule has 21 heavy (non-hydrogen) atoms. The first-order chi connectivity index (χ1) is 10.1. The zero-order valence-electron chi connectivity index (χ0n) is 13.7. The average Bonchev–Trinajstić information content (AvgIpc) is 2.85. The molecule has 0 radical (unpaired) electrons. The molecule has 3 rings (SSSR count). The molecule has 118 valence electrons. The maximum absolute atomic E-state index is 5.25. The molecule has 1 aromatic rings. The monoisotopic (exact) mass is 291 g/mol. The topological polar surface area (TPSA) is 41.3 Å². The number of aryl methyl sites for hydroxylation is 1. The normalized spacial score (nSPS) is 26.6. The summed E-state index contributed by atoms with van der Waals surface area (Å²) in [5.74, 6) is 1.57. The zero-order chi connectivity index (χ0) is 14.9. The molecule has 0 aromatic carbocycles. The Morgan fingerprint density at radius 3 is 2.76 bits per heavy atom. The van der Waals surface area contributed by atoms with Gasteiger partial charge in [-0.05, 0) is 25.7 Å². The Morgan fingerprint density at radius 1 is 1.38 bits per heavy atom. The molecule has 2 heterocycles. The van der Waals surface area contributed by atoms with Crippen LogP contribution in [0.2, 0.25) is 0 Å². The molecule has 1 N–H and O–H groups in total. The van der Waals surface area contributed by atoms with Crippen LogP contribution in [0.1, 0.15) is 57.4 Å². The molecule has 1 aliphatic heterocycles. The molecule has 4 heteroatoms. The maximum Gasteiger partial charge on any atom is 0.133 e. The van der Waals surface area contributed by atoms with Crippen LogP contribution in [0.15, 0.2) is 10.6 Å². The minimum atomic E-state index is 0.350. The molecule has 1 aliphatic carbocycles. The zero-order valence-corrected chi connectivity index (χ0v) is 13.7. The summed E-state index contributed by atoms with van der Waals surface area (Å²) in [5.41, 5.74) is 1.42. The van der Waals surface area contributed by atoms with Crippen LogP contribution >= 0.6 is 0 Å². The molecule has 1 aromatic heterocycles. The second kappa shape index (κ2) is 6.09. The Morgan fingerprint density at radius 2 is 2.14 bits per heavy atom. The Balaban J connectivity index is 1.74. The van der Waals surface area contributed by atoms with E-state index in [1.54, 1.807) is 0 Å². The summed E-state index contributed by atoms with van der Waals surface area (Å²) in [7, 11) is 0. The van der Waals surface area contributed by atoms with Crippen LogP contribution in [0.5, 0.6) is 0 Å². The first-order valence-corrected chi connectivity index (χ1v) is 8.49. The lowest BCUT2D eigenvalue weighted by Crippen LogP contribution is -2.65. The van der Waals surface area contributed by atoms with Gasteiger partial charge in [-0.2, -0.15) is 0 Å². The SMILES string of the molecule is Cc1cc(CN2CC3(CCCCC3)NCC2C(C)C)no1. The number of rotatable bonds is 3. The van der Waals surface area contributed by atoms with Gasteiger partial charge in [0.15, 0.2) is 0 Å². The van der Waals surface area contributed by atoms with Crippen LogP contribution in [0.3, 0.4) is 0 Å². The summed E-state index contributed by atoms with van der Waals surface area (Å²) >= 11 is 0. The number of hydrogen-bond acceptors (Lipinski definition) is 4. The number of nitrogens with one attached hydrogen (secondary N) is 1. The van der Waals surface area contributed by atoms with Crippen molar-refractivity contribution in [2.45, 2.75) is 71.0 Å². The minimum Gasteiger partial charge on any atom is -0.361 e. The highest BCUT2D eigenvalue weighted by Crippen LogP contribution is 2.33. The van der Waals surface area contributed by atoms with Gasteiger partial charge in [0.05, 0.1) is 5.69 Å². The number of hydrogen-bond donors (Lipinski definition) is 1. The van der Waals surface area contributed by atoms with Crippen molar-refractivity contribution in [1.29, 1.82) is 0 Å². The molecule has 1 saturated carbocycles. The third kappa shape index (κ3) is 3.32. The van der Waals surface area contributed by atoms with E-state index in [0.29, 0.717) is 17.5 Å². The van der Waals surface area contributed by atoms with Crippen molar-refractivity contribution in [3.05, 3.63) is 17.5 Å². The predicted octanol–water partition coefficient (Wildman–Crippen LogP) is 3.12. The van der Waals surface area contributed by atoms with Crippen molar-refractivity contribution in [3.8, 4) is 0 Å². The Kier molecular flexibility index (Phi) is 4.36. The van der Waals surface area contributed by atoms with Gasteiger partial charge in [0, 0.05) is 37.3 Å². The fourth-order valence-electron chi connectivity index (χ4n) is 4.11. The quantitative estimate of drug-likeness (QED) is 0.929.